The molecule has 0 unspecified atom stereocenters. The maximum atomic E-state index is 11.9. The van der Waals surface area contributed by atoms with E-state index in [1.807, 2.05) is 91.0 Å². The molecular formula is C50H50O5. The number of hydrogen-bond acceptors (Lipinski definition) is 5. The topological polar surface area (TPSA) is 101 Å². The van der Waals surface area contributed by atoms with E-state index >= 15 is 0 Å². The Kier molecular flexibility index (Phi) is 11.8. The summed E-state index contributed by atoms with van der Waals surface area (Å²) in [6.45, 7) is 19.7. The molecule has 0 heterocycles. The van der Waals surface area contributed by atoms with Crippen molar-refractivity contribution in [3.05, 3.63) is 207 Å². The first-order valence-electron chi connectivity index (χ1n) is 18.8. The van der Waals surface area contributed by atoms with E-state index in [1.54, 1.807) is 0 Å². The highest BCUT2D eigenvalue weighted by Gasteiger charge is 2.22. The van der Waals surface area contributed by atoms with E-state index in [4.69, 9.17) is 0 Å². The molecule has 0 radical (unpaired) electrons. The van der Waals surface area contributed by atoms with Crippen molar-refractivity contribution >= 4 is 0 Å². The molecule has 5 nitrogen and oxygen atoms in total. The summed E-state index contributed by atoms with van der Waals surface area (Å²) in [5, 5.41) is 59.5. The Labute approximate surface area is 324 Å². The molecule has 0 saturated heterocycles. The van der Waals surface area contributed by atoms with E-state index in [-0.39, 0.29) is 60.9 Å². The molecule has 0 saturated carbocycles. The van der Waals surface area contributed by atoms with E-state index in [9.17, 15) is 25.5 Å². The molecule has 0 amide bonds. The van der Waals surface area contributed by atoms with Crippen LogP contribution in [-0.4, -0.2) is 25.5 Å². The van der Waals surface area contributed by atoms with Crippen molar-refractivity contribution in [3.63, 3.8) is 0 Å². The largest absolute Gasteiger partial charge is 0.507 e. The summed E-state index contributed by atoms with van der Waals surface area (Å²) < 4.78 is 0. The second-order valence-corrected chi connectivity index (χ2v) is 14.7. The van der Waals surface area contributed by atoms with Crippen molar-refractivity contribution < 1.29 is 25.5 Å². The van der Waals surface area contributed by atoms with Crippen LogP contribution in [0, 0.1) is 0 Å². The lowest BCUT2D eigenvalue weighted by atomic mass is 9.87. The van der Waals surface area contributed by atoms with Gasteiger partial charge in [0, 0.05) is 32.1 Å². The van der Waals surface area contributed by atoms with Crippen LogP contribution in [0.1, 0.15) is 83.5 Å². The molecule has 280 valence electrons. The van der Waals surface area contributed by atoms with Crippen molar-refractivity contribution in [2.45, 2.75) is 64.2 Å². The van der Waals surface area contributed by atoms with Gasteiger partial charge in [0.05, 0.1) is 0 Å². The molecule has 10 bridgehead atoms. The van der Waals surface area contributed by atoms with Crippen LogP contribution in [0.2, 0.25) is 0 Å². The fourth-order valence-electron chi connectivity index (χ4n) is 7.96. The molecule has 5 N–H and O–H groups in total. The molecule has 6 rings (SSSR count). The van der Waals surface area contributed by atoms with Crippen molar-refractivity contribution in [2.75, 3.05) is 0 Å². The predicted octanol–water partition coefficient (Wildman–Crippen LogP) is 10.1. The Morgan fingerprint density at radius 3 is 0.527 bits per heavy atom. The fraction of sp³-hybridized carbons (Fsp3) is 0.200. The zero-order valence-corrected chi connectivity index (χ0v) is 31.5. The lowest BCUT2D eigenvalue weighted by Crippen LogP contribution is -2.04. The lowest BCUT2D eigenvalue weighted by molar-refractivity contribution is 0.450. The van der Waals surface area contributed by atoms with E-state index < -0.39 is 0 Å². The van der Waals surface area contributed by atoms with Crippen LogP contribution in [0.4, 0.5) is 0 Å². The smallest absolute Gasteiger partial charge is 0.122 e. The third-order valence-corrected chi connectivity index (χ3v) is 10.4. The molecule has 5 heteroatoms. The van der Waals surface area contributed by atoms with Crippen molar-refractivity contribution in [1.82, 2.24) is 0 Å². The van der Waals surface area contributed by atoms with E-state index in [0.29, 0.717) is 87.7 Å². The summed E-state index contributed by atoms with van der Waals surface area (Å²) in [7, 11) is 0. The number of fused-ring (bicyclic) bond motifs is 10. The highest BCUT2D eigenvalue weighted by Crippen LogP contribution is 2.40. The molecule has 1 aliphatic carbocycles. The van der Waals surface area contributed by atoms with Crippen molar-refractivity contribution in [3.8, 4) is 28.7 Å². The standard InChI is InChI=1S/C50H50O5/c1-6-11-31-16-36-26-38-18-32(12-7-2)20-40(47(38)52)28-42-22-34(14-9-4)24-44(49(42)54)30-45-25-35(15-10-5)23-43(50(45)55)29-41-21-33(13-8-3)19-39(48(41)53)27-37(17-31)46(36)51/h6-10,16-25,51-55H,1-5,11-15,26-30H2. The average molecular weight is 731 g/mol. The third kappa shape index (κ3) is 8.47. The lowest BCUT2D eigenvalue weighted by Gasteiger charge is -2.20. The predicted molar refractivity (Wildman–Crippen MR) is 224 cm³/mol. The number of allylic oxidation sites excluding steroid dienone is 5. The zero-order valence-electron chi connectivity index (χ0n) is 31.5. The second kappa shape index (κ2) is 16.9. The molecule has 5 aromatic carbocycles. The number of hydrogen-bond donors (Lipinski definition) is 5. The van der Waals surface area contributed by atoms with Crippen LogP contribution < -0.4 is 0 Å². The monoisotopic (exact) mass is 730 g/mol. The molecule has 5 aromatic rings. The maximum absolute atomic E-state index is 11.9. The van der Waals surface area contributed by atoms with Crippen LogP contribution in [0.5, 0.6) is 28.7 Å². The van der Waals surface area contributed by atoms with E-state index in [1.165, 1.54) is 0 Å². The van der Waals surface area contributed by atoms with Gasteiger partial charge in [-0.05, 0) is 116 Å². The maximum Gasteiger partial charge on any atom is 0.122 e. The molecule has 0 fully saturated rings. The second-order valence-electron chi connectivity index (χ2n) is 14.7. The molecule has 1 aliphatic rings. The van der Waals surface area contributed by atoms with Gasteiger partial charge in [-0.15, -0.1) is 32.9 Å². The molecule has 55 heavy (non-hydrogen) atoms. The molecular weight excluding hydrogens is 681 g/mol. The summed E-state index contributed by atoms with van der Waals surface area (Å²) in [5.74, 6) is 0.445. The first-order valence-corrected chi connectivity index (χ1v) is 18.8. The van der Waals surface area contributed by atoms with Crippen molar-refractivity contribution in [1.29, 1.82) is 0 Å². The quantitative estimate of drug-likeness (QED) is 0.0904. The Morgan fingerprint density at radius 1 is 0.291 bits per heavy atom. The molecule has 0 spiro atoms. The van der Waals surface area contributed by atoms with Crippen LogP contribution in [0.25, 0.3) is 0 Å². The summed E-state index contributed by atoms with van der Waals surface area (Å²) in [4.78, 5) is 0. The van der Waals surface area contributed by atoms with Gasteiger partial charge in [0.15, 0.2) is 0 Å². The van der Waals surface area contributed by atoms with Crippen LogP contribution in [-0.2, 0) is 64.2 Å². The van der Waals surface area contributed by atoms with Gasteiger partial charge in [0.2, 0.25) is 0 Å². The van der Waals surface area contributed by atoms with Gasteiger partial charge < -0.3 is 25.5 Å². The Hall–Kier alpha value is -6.20. The summed E-state index contributed by atoms with van der Waals surface area (Å²) in [5.41, 5.74) is 11.1. The Bertz CT molecular complexity index is 1830. The SMILES string of the molecule is C=CCc1cc2c(O)c(c1)Cc1cc(CC=C)cc(c1O)Cc1cc(CC=C)cc(c1O)Cc1cc(CC=C)cc(c1O)Cc1cc(CC=C)cc(c1O)C2. The Balaban J connectivity index is 1.66. The average Bonchev–Trinajstić information content (AvgIpc) is 3.14. The number of aromatic hydroxyl groups is 5. The van der Waals surface area contributed by atoms with Gasteiger partial charge in [-0.2, -0.15) is 0 Å². The summed E-state index contributed by atoms with van der Waals surface area (Å²) in [6, 6.07) is 19.4. The summed E-state index contributed by atoms with van der Waals surface area (Å²) >= 11 is 0. The number of phenolic OH excluding ortho intramolecular Hbond substituents is 5. The van der Waals surface area contributed by atoms with Crippen LogP contribution >= 0.6 is 0 Å². The van der Waals surface area contributed by atoms with Gasteiger partial charge >= 0.3 is 0 Å². The van der Waals surface area contributed by atoms with Crippen molar-refractivity contribution in [2.24, 2.45) is 0 Å². The van der Waals surface area contributed by atoms with Crippen LogP contribution in [0.3, 0.4) is 0 Å². The first-order chi connectivity index (χ1) is 26.5. The van der Waals surface area contributed by atoms with Gasteiger partial charge in [0.25, 0.3) is 0 Å². The van der Waals surface area contributed by atoms with E-state index in [2.05, 4.69) is 32.9 Å². The zero-order chi connectivity index (χ0) is 39.2. The minimum absolute atomic E-state index is 0.0891. The first kappa shape index (κ1) is 38.5. The molecule has 0 atom stereocenters. The number of benzene rings is 5. The minimum Gasteiger partial charge on any atom is -0.507 e. The van der Waals surface area contributed by atoms with Gasteiger partial charge in [-0.3, -0.25) is 0 Å². The highest BCUT2D eigenvalue weighted by molar-refractivity contribution is 5.58. The normalized spacial score (nSPS) is 12.4. The third-order valence-electron chi connectivity index (χ3n) is 10.4. The number of rotatable bonds is 10. The van der Waals surface area contributed by atoms with Gasteiger partial charge in [0.1, 0.15) is 28.7 Å². The van der Waals surface area contributed by atoms with Crippen LogP contribution in [0.15, 0.2) is 124 Å². The fourth-order valence-corrected chi connectivity index (χ4v) is 7.96. The van der Waals surface area contributed by atoms with Gasteiger partial charge in [-0.1, -0.05) is 91.0 Å². The Morgan fingerprint density at radius 2 is 0.418 bits per heavy atom. The summed E-state index contributed by atoms with van der Waals surface area (Å²) in [6.07, 6.45) is 13.1. The van der Waals surface area contributed by atoms with E-state index in [0.717, 1.165) is 27.8 Å². The highest BCUT2D eigenvalue weighted by atomic mass is 16.3. The van der Waals surface area contributed by atoms with Gasteiger partial charge in [-0.25, -0.2) is 0 Å². The molecule has 0 aromatic heterocycles. The molecule has 0 aliphatic heterocycles. The number of phenols is 5. The minimum atomic E-state index is 0.0891.